The van der Waals surface area contributed by atoms with E-state index >= 15 is 0 Å². The molecule has 2 aromatic carbocycles. The van der Waals surface area contributed by atoms with Crippen molar-refractivity contribution >= 4 is 11.7 Å². The van der Waals surface area contributed by atoms with Gasteiger partial charge in [-0.3, -0.25) is 0 Å². The molecule has 1 heterocycles. The number of hydrogen-bond acceptors (Lipinski definition) is 3. The van der Waals surface area contributed by atoms with E-state index in [1.165, 1.54) is 5.56 Å². The van der Waals surface area contributed by atoms with Crippen LogP contribution in [0.1, 0.15) is 37.8 Å². The second kappa shape index (κ2) is 10.3. The normalized spacial score (nSPS) is 15.1. The van der Waals surface area contributed by atoms with Gasteiger partial charge in [0, 0.05) is 31.4 Å². The van der Waals surface area contributed by atoms with E-state index in [0.717, 1.165) is 55.9 Å². The van der Waals surface area contributed by atoms with Gasteiger partial charge in [0.25, 0.3) is 0 Å². The maximum atomic E-state index is 13.2. The Morgan fingerprint density at radius 1 is 1.10 bits per heavy atom. The lowest BCUT2D eigenvalue weighted by molar-refractivity contribution is 0.126. The number of carbonyl (C=O) groups is 1. The molecule has 1 saturated heterocycles. The number of likely N-dealkylation sites (tertiary alicyclic amines) is 1. The maximum Gasteiger partial charge on any atom is 0.322 e. The van der Waals surface area contributed by atoms with Crippen molar-refractivity contribution in [2.45, 2.75) is 45.7 Å². The van der Waals surface area contributed by atoms with Crippen LogP contribution >= 0.6 is 0 Å². The van der Waals surface area contributed by atoms with E-state index in [0.29, 0.717) is 6.54 Å². The number of amides is 2. The van der Waals surface area contributed by atoms with Gasteiger partial charge in [-0.1, -0.05) is 38.1 Å². The predicted octanol–water partition coefficient (Wildman–Crippen LogP) is 4.78. The highest BCUT2D eigenvalue weighted by atomic mass is 16.5. The molecule has 1 aliphatic rings. The van der Waals surface area contributed by atoms with Crippen LogP contribution < -0.4 is 10.1 Å². The molecular formula is C24H33N3O2. The average Bonchev–Trinajstić information content (AvgIpc) is 2.78. The Labute approximate surface area is 174 Å². The van der Waals surface area contributed by atoms with Crippen LogP contribution in [-0.2, 0) is 13.0 Å². The Hall–Kier alpha value is -2.53. The Morgan fingerprint density at radius 3 is 2.45 bits per heavy atom. The number of carbonyl (C=O) groups excluding carboxylic acids is 1. The fourth-order valence-electron chi connectivity index (χ4n) is 3.90. The topological polar surface area (TPSA) is 44.8 Å². The SMILES string of the molecule is CCc1ccc(NC(=O)N(Cc2cccc(OC)c2)C2CCN(CC)CC2)cc1. The van der Waals surface area contributed by atoms with E-state index in [9.17, 15) is 4.79 Å². The third-order valence-electron chi connectivity index (χ3n) is 5.81. The summed E-state index contributed by atoms with van der Waals surface area (Å²) < 4.78 is 5.36. The molecule has 5 nitrogen and oxygen atoms in total. The molecule has 0 spiro atoms. The number of benzene rings is 2. The molecule has 0 atom stereocenters. The van der Waals surface area contributed by atoms with Gasteiger partial charge in [0.2, 0.25) is 0 Å². The lowest BCUT2D eigenvalue weighted by Gasteiger charge is -2.38. The number of hydrogen-bond donors (Lipinski definition) is 1. The largest absolute Gasteiger partial charge is 0.497 e. The first kappa shape index (κ1) is 21.2. The number of nitrogens with one attached hydrogen (secondary N) is 1. The van der Waals surface area contributed by atoms with Gasteiger partial charge in [-0.15, -0.1) is 0 Å². The number of aryl methyl sites for hydroxylation is 1. The summed E-state index contributed by atoms with van der Waals surface area (Å²) in [6, 6.07) is 16.3. The molecule has 3 rings (SSSR count). The molecule has 156 valence electrons. The molecule has 0 bridgehead atoms. The van der Waals surface area contributed by atoms with E-state index in [-0.39, 0.29) is 12.1 Å². The van der Waals surface area contributed by atoms with Crippen LogP contribution in [0.15, 0.2) is 48.5 Å². The maximum absolute atomic E-state index is 13.2. The quantitative estimate of drug-likeness (QED) is 0.734. The lowest BCUT2D eigenvalue weighted by atomic mass is 10.0. The number of piperidine rings is 1. The number of nitrogens with zero attached hydrogens (tertiary/aromatic N) is 2. The number of methoxy groups -OCH3 is 1. The van der Waals surface area contributed by atoms with Crippen molar-refractivity contribution in [3.8, 4) is 5.75 Å². The van der Waals surface area contributed by atoms with E-state index in [1.807, 2.05) is 35.2 Å². The molecule has 0 saturated carbocycles. The first-order valence-corrected chi connectivity index (χ1v) is 10.6. The minimum absolute atomic E-state index is 0.0352. The Bertz CT molecular complexity index is 783. The molecule has 2 amide bonds. The first-order valence-electron chi connectivity index (χ1n) is 10.6. The average molecular weight is 396 g/mol. The molecule has 0 unspecified atom stereocenters. The van der Waals surface area contributed by atoms with Gasteiger partial charge in [0.05, 0.1) is 7.11 Å². The zero-order valence-corrected chi connectivity index (χ0v) is 17.9. The fraction of sp³-hybridized carbons (Fsp3) is 0.458. The summed E-state index contributed by atoms with van der Waals surface area (Å²) in [5.74, 6) is 0.818. The zero-order chi connectivity index (χ0) is 20.6. The molecule has 0 aliphatic carbocycles. The van der Waals surface area contributed by atoms with Gasteiger partial charge in [0.15, 0.2) is 0 Å². The summed E-state index contributed by atoms with van der Waals surface area (Å²) in [4.78, 5) is 17.7. The van der Waals surface area contributed by atoms with Gasteiger partial charge >= 0.3 is 6.03 Å². The van der Waals surface area contributed by atoms with Gasteiger partial charge in [0.1, 0.15) is 5.75 Å². The van der Waals surface area contributed by atoms with Crippen LogP contribution in [0.2, 0.25) is 0 Å². The minimum Gasteiger partial charge on any atom is -0.497 e. The molecule has 2 aromatic rings. The molecular weight excluding hydrogens is 362 g/mol. The van der Waals surface area contributed by atoms with Gasteiger partial charge in [-0.2, -0.15) is 0 Å². The van der Waals surface area contributed by atoms with Crippen LogP contribution in [0, 0.1) is 0 Å². The Morgan fingerprint density at radius 2 is 1.83 bits per heavy atom. The first-order chi connectivity index (χ1) is 14.1. The molecule has 29 heavy (non-hydrogen) atoms. The van der Waals surface area contributed by atoms with Crippen LogP contribution in [0.3, 0.4) is 0 Å². The van der Waals surface area contributed by atoms with E-state index in [1.54, 1.807) is 7.11 Å². The van der Waals surface area contributed by atoms with Gasteiger partial charge < -0.3 is 19.9 Å². The van der Waals surface area contributed by atoms with Crippen molar-refractivity contribution < 1.29 is 9.53 Å². The van der Waals surface area contributed by atoms with Crippen LogP contribution in [0.5, 0.6) is 5.75 Å². The highest BCUT2D eigenvalue weighted by Crippen LogP contribution is 2.22. The van der Waals surface area contributed by atoms with E-state index in [2.05, 4.69) is 42.3 Å². The summed E-state index contributed by atoms with van der Waals surface area (Å²) in [7, 11) is 1.67. The third-order valence-corrected chi connectivity index (χ3v) is 5.81. The second-order valence-electron chi connectivity index (χ2n) is 7.63. The van der Waals surface area contributed by atoms with Crippen molar-refractivity contribution in [2.24, 2.45) is 0 Å². The second-order valence-corrected chi connectivity index (χ2v) is 7.63. The Kier molecular flexibility index (Phi) is 7.53. The summed E-state index contributed by atoms with van der Waals surface area (Å²) in [6.07, 6.45) is 2.99. The summed E-state index contributed by atoms with van der Waals surface area (Å²) >= 11 is 0. The zero-order valence-electron chi connectivity index (χ0n) is 17.9. The number of ether oxygens (including phenoxy) is 1. The Balaban J connectivity index is 1.76. The monoisotopic (exact) mass is 395 g/mol. The molecule has 5 heteroatoms. The molecule has 0 radical (unpaired) electrons. The molecule has 0 aromatic heterocycles. The highest BCUT2D eigenvalue weighted by Gasteiger charge is 2.28. The predicted molar refractivity (Wildman–Crippen MR) is 119 cm³/mol. The van der Waals surface area contributed by atoms with Crippen molar-refractivity contribution in [1.82, 2.24) is 9.80 Å². The highest BCUT2D eigenvalue weighted by molar-refractivity contribution is 5.89. The van der Waals surface area contributed by atoms with E-state index in [4.69, 9.17) is 4.74 Å². The number of urea groups is 1. The van der Waals surface area contributed by atoms with Crippen molar-refractivity contribution in [3.05, 3.63) is 59.7 Å². The molecule has 1 N–H and O–H groups in total. The lowest BCUT2D eigenvalue weighted by Crippen LogP contribution is -2.48. The third kappa shape index (κ3) is 5.73. The van der Waals surface area contributed by atoms with E-state index < -0.39 is 0 Å². The molecule has 1 fully saturated rings. The smallest absolute Gasteiger partial charge is 0.322 e. The summed E-state index contributed by atoms with van der Waals surface area (Å²) in [5, 5.41) is 3.11. The van der Waals surface area contributed by atoms with Crippen LogP contribution in [0.25, 0.3) is 0 Å². The van der Waals surface area contributed by atoms with Crippen molar-refractivity contribution in [3.63, 3.8) is 0 Å². The van der Waals surface area contributed by atoms with Crippen LogP contribution in [-0.4, -0.2) is 48.6 Å². The van der Waals surface area contributed by atoms with Crippen molar-refractivity contribution in [1.29, 1.82) is 0 Å². The number of rotatable bonds is 7. The fourth-order valence-corrected chi connectivity index (χ4v) is 3.90. The van der Waals surface area contributed by atoms with Gasteiger partial charge in [-0.25, -0.2) is 4.79 Å². The van der Waals surface area contributed by atoms with Gasteiger partial charge in [-0.05, 0) is 61.2 Å². The summed E-state index contributed by atoms with van der Waals surface area (Å²) in [5.41, 5.74) is 3.19. The molecule has 1 aliphatic heterocycles. The van der Waals surface area contributed by atoms with Crippen LogP contribution in [0.4, 0.5) is 10.5 Å². The van der Waals surface area contributed by atoms with Crippen molar-refractivity contribution in [2.75, 3.05) is 32.1 Å². The standard InChI is InChI=1S/C24H33N3O2/c1-4-19-9-11-21(12-10-19)25-24(28)27(22-13-15-26(5-2)16-14-22)18-20-7-6-8-23(17-20)29-3/h6-12,17,22H,4-5,13-16,18H2,1-3H3,(H,25,28). The number of anilines is 1. The minimum atomic E-state index is -0.0352. The summed E-state index contributed by atoms with van der Waals surface area (Å²) in [6.45, 7) is 8.04.